The van der Waals surface area contributed by atoms with Crippen molar-refractivity contribution in [2.75, 3.05) is 0 Å². The Bertz CT molecular complexity index is 3100. The fourth-order valence-electron chi connectivity index (χ4n) is 8.77. The van der Waals surface area contributed by atoms with Gasteiger partial charge in [-0.15, -0.1) is 0 Å². The molecule has 2 heterocycles. The summed E-state index contributed by atoms with van der Waals surface area (Å²) in [5, 5.41) is 5.90. The van der Waals surface area contributed by atoms with Gasteiger partial charge in [0.25, 0.3) is 0 Å². The second-order valence-corrected chi connectivity index (χ2v) is 14.9. The summed E-state index contributed by atoms with van der Waals surface area (Å²) in [6.07, 6.45) is 0. The second kappa shape index (κ2) is 11.2. The molecule has 0 N–H and O–H groups in total. The third kappa shape index (κ3) is 4.52. The van der Waals surface area contributed by atoms with Gasteiger partial charge in [-0.05, 0) is 91.7 Å². The summed E-state index contributed by atoms with van der Waals surface area (Å²) in [7, 11) is 0. The highest BCUT2D eigenvalue weighted by molar-refractivity contribution is 6.10. The molecule has 0 unspecified atom stereocenters. The maximum atomic E-state index is 6.84. The third-order valence-electron chi connectivity index (χ3n) is 11.5. The zero-order chi connectivity index (χ0) is 35.3. The number of furan rings is 2. The summed E-state index contributed by atoms with van der Waals surface area (Å²) < 4.78 is 13.3. The summed E-state index contributed by atoms with van der Waals surface area (Å²) in [6, 6.07) is 61.3. The Morgan fingerprint density at radius 2 is 1.04 bits per heavy atom. The van der Waals surface area contributed by atoms with Gasteiger partial charge >= 0.3 is 0 Å². The van der Waals surface area contributed by atoms with Gasteiger partial charge in [-0.2, -0.15) is 0 Å². The first-order chi connectivity index (χ1) is 26.0. The van der Waals surface area contributed by atoms with E-state index in [1.165, 1.54) is 49.7 Å². The van der Waals surface area contributed by atoms with E-state index in [1.807, 2.05) is 12.1 Å². The standard InChI is InChI=1S/C51H34O2/c1-51(2)44-19-7-5-16-42(44)50-48(43-29-35(24-26-47(43)53-50)34-22-21-31-11-3-4-12-32(31)27-34)41-25-23-36(30-45(41)51)33-13-9-14-37(28-33)38-17-10-18-40-39-15-6-8-20-46(39)52-49(38)40/h3-30H,1-2H3. The second-order valence-electron chi connectivity index (χ2n) is 14.9. The van der Waals surface area contributed by atoms with Gasteiger partial charge < -0.3 is 8.83 Å². The Kier molecular flexibility index (Phi) is 6.33. The minimum atomic E-state index is -0.288. The molecule has 0 spiro atoms. The Morgan fingerprint density at radius 1 is 0.377 bits per heavy atom. The first kappa shape index (κ1) is 30.0. The predicted octanol–water partition coefficient (Wildman–Crippen LogP) is 14.5. The molecule has 1 aliphatic rings. The molecule has 8 aromatic carbocycles. The van der Waals surface area contributed by atoms with Crippen molar-refractivity contribution in [1.29, 1.82) is 0 Å². The lowest BCUT2D eigenvalue weighted by Crippen LogP contribution is -2.20. The van der Waals surface area contributed by atoms with E-state index in [0.717, 1.165) is 60.9 Å². The van der Waals surface area contributed by atoms with Crippen molar-refractivity contribution in [3.63, 3.8) is 0 Å². The van der Waals surface area contributed by atoms with E-state index in [1.54, 1.807) is 0 Å². The fourth-order valence-corrected chi connectivity index (χ4v) is 8.77. The molecule has 53 heavy (non-hydrogen) atoms. The van der Waals surface area contributed by atoms with Crippen LogP contribution >= 0.6 is 0 Å². The van der Waals surface area contributed by atoms with Crippen LogP contribution in [-0.4, -0.2) is 0 Å². The van der Waals surface area contributed by atoms with E-state index in [2.05, 4.69) is 172 Å². The van der Waals surface area contributed by atoms with E-state index < -0.39 is 0 Å². The van der Waals surface area contributed by atoms with Gasteiger partial charge in [0.2, 0.25) is 0 Å². The van der Waals surface area contributed by atoms with Crippen molar-refractivity contribution in [1.82, 2.24) is 0 Å². The van der Waals surface area contributed by atoms with Gasteiger partial charge in [0.15, 0.2) is 0 Å². The van der Waals surface area contributed by atoms with Crippen molar-refractivity contribution in [2.24, 2.45) is 0 Å². The molecule has 2 aromatic heterocycles. The van der Waals surface area contributed by atoms with Crippen LogP contribution in [-0.2, 0) is 5.41 Å². The van der Waals surface area contributed by atoms with Crippen LogP contribution in [0.2, 0.25) is 0 Å². The summed E-state index contributed by atoms with van der Waals surface area (Å²) in [6.45, 7) is 4.70. The van der Waals surface area contributed by atoms with Gasteiger partial charge in [0.05, 0.1) is 0 Å². The van der Waals surface area contributed by atoms with Crippen LogP contribution in [0.3, 0.4) is 0 Å². The lowest BCUT2D eigenvalue weighted by molar-refractivity contribution is 0.621. The van der Waals surface area contributed by atoms with E-state index in [-0.39, 0.29) is 5.41 Å². The highest BCUT2D eigenvalue weighted by Gasteiger charge is 2.36. The molecule has 250 valence electrons. The maximum Gasteiger partial charge on any atom is 0.143 e. The molecule has 2 heteroatoms. The van der Waals surface area contributed by atoms with Crippen LogP contribution in [0.5, 0.6) is 0 Å². The number of hydrogen-bond donors (Lipinski definition) is 0. The Balaban J connectivity index is 1.10. The number of para-hydroxylation sites is 2. The smallest absolute Gasteiger partial charge is 0.143 e. The average Bonchev–Trinajstić information content (AvgIpc) is 3.77. The molecule has 1 aliphatic carbocycles. The molecule has 0 fully saturated rings. The normalized spacial score (nSPS) is 13.2. The molecule has 0 bridgehead atoms. The van der Waals surface area contributed by atoms with Crippen LogP contribution in [0.25, 0.3) is 99.5 Å². The predicted molar refractivity (Wildman–Crippen MR) is 220 cm³/mol. The Labute approximate surface area is 307 Å². The minimum Gasteiger partial charge on any atom is -0.455 e. The maximum absolute atomic E-state index is 6.84. The van der Waals surface area contributed by atoms with Gasteiger partial charge in [-0.3, -0.25) is 0 Å². The van der Waals surface area contributed by atoms with E-state index in [9.17, 15) is 0 Å². The molecule has 0 atom stereocenters. The molecule has 0 aliphatic heterocycles. The summed E-state index contributed by atoms with van der Waals surface area (Å²) >= 11 is 0. The van der Waals surface area contributed by atoms with Crippen molar-refractivity contribution in [3.8, 4) is 55.8 Å². The molecule has 0 saturated carbocycles. The monoisotopic (exact) mass is 678 g/mol. The number of fused-ring (bicyclic) bond motifs is 11. The third-order valence-corrected chi connectivity index (χ3v) is 11.5. The molecule has 0 saturated heterocycles. The topological polar surface area (TPSA) is 26.3 Å². The molecule has 11 rings (SSSR count). The lowest BCUT2D eigenvalue weighted by Gasteiger charge is -2.29. The fraction of sp³-hybridized carbons (Fsp3) is 0.0588. The zero-order valence-corrected chi connectivity index (χ0v) is 29.5. The average molecular weight is 679 g/mol. The first-order valence-electron chi connectivity index (χ1n) is 18.3. The van der Waals surface area contributed by atoms with E-state index >= 15 is 0 Å². The Hall–Kier alpha value is -6.64. The van der Waals surface area contributed by atoms with Gasteiger partial charge in [-0.1, -0.05) is 147 Å². The summed E-state index contributed by atoms with van der Waals surface area (Å²) in [5.74, 6) is 0.937. The van der Waals surface area contributed by atoms with Crippen molar-refractivity contribution in [3.05, 3.63) is 181 Å². The molecule has 2 nitrogen and oxygen atoms in total. The SMILES string of the molecule is CC1(C)c2ccccc2-c2oc3ccc(-c4ccc5ccccc5c4)cc3c2-c2ccc(-c3cccc(-c4cccc5c4oc4ccccc45)c3)cc21. The van der Waals surface area contributed by atoms with Crippen LogP contribution in [0, 0.1) is 0 Å². The summed E-state index contributed by atoms with van der Waals surface area (Å²) in [5.41, 5.74) is 15.5. The van der Waals surface area contributed by atoms with Crippen LogP contribution in [0.4, 0.5) is 0 Å². The Morgan fingerprint density at radius 3 is 1.98 bits per heavy atom. The van der Waals surface area contributed by atoms with Crippen molar-refractivity contribution < 1.29 is 8.83 Å². The van der Waals surface area contributed by atoms with Crippen LogP contribution in [0.15, 0.2) is 179 Å². The molecular weight excluding hydrogens is 645 g/mol. The van der Waals surface area contributed by atoms with E-state index in [0.29, 0.717) is 0 Å². The minimum absolute atomic E-state index is 0.288. The number of benzene rings is 8. The quantitative estimate of drug-likeness (QED) is 0.186. The van der Waals surface area contributed by atoms with Gasteiger partial charge in [-0.25, -0.2) is 0 Å². The van der Waals surface area contributed by atoms with Gasteiger partial charge in [0.1, 0.15) is 22.5 Å². The number of hydrogen-bond acceptors (Lipinski definition) is 2. The number of rotatable bonds is 3. The van der Waals surface area contributed by atoms with Gasteiger partial charge in [0, 0.05) is 38.3 Å². The lowest BCUT2D eigenvalue weighted by atomic mass is 9.74. The molecule has 0 radical (unpaired) electrons. The molecular formula is C51H34O2. The largest absolute Gasteiger partial charge is 0.455 e. The van der Waals surface area contributed by atoms with Crippen LogP contribution in [0.1, 0.15) is 25.0 Å². The van der Waals surface area contributed by atoms with E-state index in [4.69, 9.17) is 8.83 Å². The molecule has 10 aromatic rings. The first-order valence-corrected chi connectivity index (χ1v) is 18.3. The highest BCUT2D eigenvalue weighted by atomic mass is 16.3. The highest BCUT2D eigenvalue weighted by Crippen LogP contribution is 2.53. The van der Waals surface area contributed by atoms with Crippen molar-refractivity contribution >= 4 is 43.7 Å². The van der Waals surface area contributed by atoms with Crippen LogP contribution < -0.4 is 0 Å². The zero-order valence-electron chi connectivity index (χ0n) is 29.5. The molecule has 0 amide bonds. The summed E-state index contributed by atoms with van der Waals surface area (Å²) in [4.78, 5) is 0. The van der Waals surface area contributed by atoms with Crippen molar-refractivity contribution in [2.45, 2.75) is 19.3 Å².